The van der Waals surface area contributed by atoms with Gasteiger partial charge in [0.25, 0.3) is 0 Å². The van der Waals surface area contributed by atoms with Crippen LogP contribution < -0.4 is 0 Å². The predicted molar refractivity (Wildman–Crippen MR) is 103 cm³/mol. The van der Waals surface area contributed by atoms with Gasteiger partial charge in [0.2, 0.25) is 0 Å². The van der Waals surface area contributed by atoms with E-state index in [1.54, 1.807) is 0 Å². The van der Waals surface area contributed by atoms with Gasteiger partial charge in [-0.2, -0.15) is 0 Å². The number of piperidine rings is 1. The van der Waals surface area contributed by atoms with E-state index in [-0.39, 0.29) is 40.3 Å². The topological polar surface area (TPSA) is 82.5 Å². The molecule has 12 atom stereocenters. The third-order valence-corrected chi connectivity index (χ3v) is 11.3. The van der Waals surface area contributed by atoms with Crippen LogP contribution in [0.1, 0.15) is 46.0 Å². The van der Waals surface area contributed by atoms with Crippen LogP contribution in [-0.2, 0) is 14.3 Å². The summed E-state index contributed by atoms with van der Waals surface area (Å²) in [6, 6.07) is 0.321. The van der Waals surface area contributed by atoms with E-state index in [2.05, 4.69) is 18.9 Å². The summed E-state index contributed by atoms with van der Waals surface area (Å²) in [4.78, 5) is 14.4. The number of nitrogens with zero attached hydrogens (tertiary/aromatic N) is 1. The molecule has 0 amide bonds. The number of rotatable bonds is 1. The zero-order valence-corrected chi connectivity index (χ0v) is 17.6. The molecule has 29 heavy (non-hydrogen) atoms. The van der Waals surface area contributed by atoms with E-state index in [1.807, 2.05) is 0 Å². The second-order valence-corrected chi connectivity index (χ2v) is 12.0. The minimum absolute atomic E-state index is 0.0495. The highest BCUT2D eigenvalue weighted by Gasteiger charge is 2.88. The SMILES string of the molecule is CC(=O)OC1CC23C4CC5C6(C)CCC(O)C5(C4N(C)C6)C2CC1C1(CO1)C3O. The van der Waals surface area contributed by atoms with Gasteiger partial charge in [-0.15, -0.1) is 0 Å². The van der Waals surface area contributed by atoms with Gasteiger partial charge in [-0.3, -0.25) is 4.79 Å². The summed E-state index contributed by atoms with van der Waals surface area (Å²) in [6.45, 7) is 5.60. The number of hydrogen-bond acceptors (Lipinski definition) is 6. The van der Waals surface area contributed by atoms with E-state index >= 15 is 0 Å². The summed E-state index contributed by atoms with van der Waals surface area (Å²) in [7, 11) is 2.24. The second-order valence-electron chi connectivity index (χ2n) is 12.0. The molecule has 0 aromatic heterocycles. The van der Waals surface area contributed by atoms with E-state index in [4.69, 9.17) is 9.47 Å². The molecule has 8 fully saturated rings. The fourth-order valence-corrected chi connectivity index (χ4v) is 10.9. The predicted octanol–water partition coefficient (Wildman–Crippen LogP) is 1.19. The monoisotopic (exact) mass is 403 g/mol. The van der Waals surface area contributed by atoms with Crippen LogP contribution in [0.5, 0.6) is 0 Å². The Balaban J connectivity index is 1.42. The molecule has 2 N–H and O–H groups in total. The van der Waals surface area contributed by atoms with Crippen LogP contribution in [0.4, 0.5) is 0 Å². The fraction of sp³-hybridized carbons (Fsp3) is 0.957. The zero-order chi connectivity index (χ0) is 20.1. The molecule has 0 aromatic rings. The average Bonchev–Trinajstić information content (AvgIpc) is 3.30. The van der Waals surface area contributed by atoms with Gasteiger partial charge in [0.05, 0.1) is 18.8 Å². The first-order chi connectivity index (χ1) is 13.7. The van der Waals surface area contributed by atoms with Crippen molar-refractivity contribution in [2.45, 2.75) is 75.9 Å². The molecule has 6 nitrogen and oxygen atoms in total. The number of carbonyl (C=O) groups excluding carboxylic acids is 1. The summed E-state index contributed by atoms with van der Waals surface area (Å²) >= 11 is 0. The number of ether oxygens (including phenoxy) is 2. The minimum Gasteiger partial charge on any atom is -0.462 e. The van der Waals surface area contributed by atoms with Gasteiger partial charge in [-0.25, -0.2) is 0 Å². The number of aliphatic hydroxyl groups excluding tert-OH is 2. The van der Waals surface area contributed by atoms with Gasteiger partial charge in [0, 0.05) is 36.3 Å². The first-order valence-electron chi connectivity index (χ1n) is 11.6. The Kier molecular flexibility index (Phi) is 3.01. The Bertz CT molecular complexity index is 813. The van der Waals surface area contributed by atoms with Crippen molar-refractivity contribution in [1.29, 1.82) is 0 Å². The van der Waals surface area contributed by atoms with Crippen molar-refractivity contribution in [1.82, 2.24) is 4.90 Å². The minimum atomic E-state index is -0.522. The molecule has 2 heterocycles. The smallest absolute Gasteiger partial charge is 0.302 e. The second kappa shape index (κ2) is 4.87. The summed E-state index contributed by atoms with van der Waals surface area (Å²) in [5.74, 6) is 0.988. The lowest BCUT2D eigenvalue weighted by Gasteiger charge is -2.69. The molecule has 3 spiro atoms. The lowest BCUT2D eigenvalue weighted by molar-refractivity contribution is -0.273. The summed E-state index contributed by atoms with van der Waals surface area (Å²) in [5, 5.41) is 23.4. The molecule has 12 unspecified atom stereocenters. The Morgan fingerprint density at radius 1 is 1.21 bits per heavy atom. The van der Waals surface area contributed by atoms with E-state index in [0.717, 1.165) is 38.6 Å². The average molecular weight is 404 g/mol. The maximum absolute atomic E-state index is 11.9. The molecule has 6 saturated carbocycles. The molecule has 6 heteroatoms. The normalized spacial score (nSPS) is 66.2. The molecular formula is C23H33NO5. The molecule has 8 rings (SSSR count). The van der Waals surface area contributed by atoms with Crippen molar-refractivity contribution in [2.24, 2.45) is 39.9 Å². The number of fused-ring (bicyclic) bond motifs is 1. The number of hydrogen-bond donors (Lipinski definition) is 2. The van der Waals surface area contributed by atoms with Crippen molar-refractivity contribution in [3.05, 3.63) is 0 Å². The number of epoxide rings is 1. The number of carbonyl (C=O) groups is 1. The maximum atomic E-state index is 11.9. The molecule has 7 bridgehead atoms. The van der Waals surface area contributed by atoms with Crippen LogP contribution in [0.3, 0.4) is 0 Å². The lowest BCUT2D eigenvalue weighted by atomic mass is 9.38. The van der Waals surface area contributed by atoms with Crippen LogP contribution in [0.25, 0.3) is 0 Å². The van der Waals surface area contributed by atoms with Crippen LogP contribution in [-0.4, -0.2) is 71.2 Å². The molecular weight excluding hydrogens is 370 g/mol. The molecule has 2 aliphatic heterocycles. The molecule has 2 saturated heterocycles. The Morgan fingerprint density at radius 2 is 1.93 bits per heavy atom. The fourth-order valence-electron chi connectivity index (χ4n) is 10.9. The third kappa shape index (κ3) is 1.61. The Labute approximate surface area is 171 Å². The summed E-state index contributed by atoms with van der Waals surface area (Å²) in [5.41, 5.74) is -0.691. The van der Waals surface area contributed by atoms with Gasteiger partial charge in [-0.1, -0.05) is 6.92 Å². The van der Waals surface area contributed by atoms with Crippen LogP contribution in [0.15, 0.2) is 0 Å². The highest BCUT2D eigenvalue weighted by molar-refractivity contribution is 5.66. The quantitative estimate of drug-likeness (QED) is 0.506. The molecule has 0 aromatic carbocycles. The van der Waals surface area contributed by atoms with E-state index in [0.29, 0.717) is 30.4 Å². The molecule has 6 aliphatic carbocycles. The highest BCUT2D eigenvalue weighted by Crippen LogP contribution is 2.84. The van der Waals surface area contributed by atoms with Crippen molar-refractivity contribution >= 4 is 5.97 Å². The van der Waals surface area contributed by atoms with Crippen LogP contribution in [0, 0.1) is 39.9 Å². The largest absolute Gasteiger partial charge is 0.462 e. The standard InChI is InChI=1S/C23H33NO5/c1-11(25)29-14-8-21-13-7-15-20(2)5-4-17(26)23(15,18(13)24(3)9-20)16(21)6-12(14)22(10-28-22)19(21)27/h12-19,26-27H,4-10H2,1-3H3. The third-order valence-electron chi connectivity index (χ3n) is 11.3. The van der Waals surface area contributed by atoms with Gasteiger partial charge >= 0.3 is 5.97 Å². The van der Waals surface area contributed by atoms with Crippen molar-refractivity contribution < 1.29 is 24.5 Å². The van der Waals surface area contributed by atoms with Gasteiger partial charge in [-0.05, 0) is 62.3 Å². The molecule has 0 radical (unpaired) electrons. The first kappa shape index (κ1) is 17.9. The number of aliphatic hydroxyl groups is 2. The highest BCUT2D eigenvalue weighted by atomic mass is 16.6. The Hall–Kier alpha value is -0.690. The first-order valence-corrected chi connectivity index (χ1v) is 11.6. The Morgan fingerprint density at radius 3 is 2.62 bits per heavy atom. The van der Waals surface area contributed by atoms with Crippen molar-refractivity contribution in [3.8, 4) is 0 Å². The van der Waals surface area contributed by atoms with E-state index in [9.17, 15) is 15.0 Å². The molecule has 160 valence electrons. The van der Waals surface area contributed by atoms with Gasteiger partial charge < -0.3 is 24.6 Å². The summed E-state index contributed by atoms with van der Waals surface area (Å²) < 4.78 is 11.8. The summed E-state index contributed by atoms with van der Waals surface area (Å²) in [6.07, 6.45) is 3.75. The van der Waals surface area contributed by atoms with Crippen LogP contribution in [0.2, 0.25) is 0 Å². The van der Waals surface area contributed by atoms with E-state index in [1.165, 1.54) is 6.92 Å². The molecule has 8 aliphatic rings. The maximum Gasteiger partial charge on any atom is 0.302 e. The van der Waals surface area contributed by atoms with Crippen LogP contribution >= 0.6 is 0 Å². The zero-order valence-electron chi connectivity index (χ0n) is 17.6. The van der Waals surface area contributed by atoms with Crippen molar-refractivity contribution in [3.63, 3.8) is 0 Å². The van der Waals surface area contributed by atoms with Crippen molar-refractivity contribution in [2.75, 3.05) is 20.2 Å². The lowest BCUT2D eigenvalue weighted by Crippen LogP contribution is -2.73. The van der Waals surface area contributed by atoms with E-state index < -0.39 is 11.7 Å². The number of likely N-dealkylation sites (tertiary alicyclic amines) is 1. The van der Waals surface area contributed by atoms with Gasteiger partial charge in [0.15, 0.2) is 0 Å². The number of esters is 1. The van der Waals surface area contributed by atoms with Gasteiger partial charge in [0.1, 0.15) is 11.7 Å².